The molecule has 0 aliphatic carbocycles. The van der Waals surface area contributed by atoms with Crippen LogP contribution in [0.2, 0.25) is 5.15 Å². The lowest BCUT2D eigenvalue weighted by Gasteiger charge is -2.15. The van der Waals surface area contributed by atoms with Crippen molar-refractivity contribution in [2.45, 2.75) is 13.5 Å². The topological polar surface area (TPSA) is 110 Å². The van der Waals surface area contributed by atoms with E-state index in [-0.39, 0.29) is 22.9 Å². The summed E-state index contributed by atoms with van der Waals surface area (Å²) in [7, 11) is 0. The summed E-state index contributed by atoms with van der Waals surface area (Å²) in [6, 6.07) is 13.1. The number of carbonyl (C=O) groups excluding carboxylic acids is 1. The molecular weight excluding hydrogens is 514 g/mol. The van der Waals surface area contributed by atoms with E-state index in [0.29, 0.717) is 28.1 Å². The number of halogens is 2. The van der Waals surface area contributed by atoms with Crippen LogP contribution in [0.3, 0.4) is 0 Å². The van der Waals surface area contributed by atoms with Gasteiger partial charge in [0.05, 0.1) is 28.4 Å². The van der Waals surface area contributed by atoms with Gasteiger partial charge in [-0.2, -0.15) is 5.10 Å². The predicted octanol–water partition coefficient (Wildman–Crippen LogP) is 4.94. The second-order valence-corrected chi connectivity index (χ2v) is 7.81. The number of nitrogens with zero attached hydrogens (tertiary/aromatic N) is 2. The van der Waals surface area contributed by atoms with E-state index >= 15 is 0 Å². The molecule has 0 unspecified atom stereocenters. The Morgan fingerprint density at radius 3 is 2.64 bits per heavy atom. The van der Waals surface area contributed by atoms with Crippen LogP contribution in [0.1, 0.15) is 38.8 Å². The van der Waals surface area contributed by atoms with Crippen molar-refractivity contribution in [1.29, 1.82) is 0 Å². The smallest absolute Gasteiger partial charge is 0.335 e. The number of hydrazone groups is 1. The van der Waals surface area contributed by atoms with Gasteiger partial charge in [0.1, 0.15) is 11.8 Å². The maximum absolute atomic E-state index is 12.2. The summed E-state index contributed by atoms with van der Waals surface area (Å²) in [6.07, 6.45) is 2.95. The summed E-state index contributed by atoms with van der Waals surface area (Å²) in [6.45, 7) is 2.47. The average molecular weight is 533 g/mol. The Bertz CT molecular complexity index is 1190. The molecule has 0 bridgehead atoms. The van der Waals surface area contributed by atoms with Crippen molar-refractivity contribution in [3.8, 4) is 11.5 Å². The minimum atomic E-state index is -0.985. The van der Waals surface area contributed by atoms with Gasteiger partial charge in [-0.1, -0.05) is 23.7 Å². The molecule has 1 heterocycles. The Hall–Kier alpha value is -3.43. The van der Waals surface area contributed by atoms with E-state index in [1.807, 2.05) is 6.92 Å². The fourth-order valence-electron chi connectivity index (χ4n) is 2.75. The summed E-state index contributed by atoms with van der Waals surface area (Å²) < 4.78 is 12.2. The maximum atomic E-state index is 12.2. The Morgan fingerprint density at radius 2 is 1.97 bits per heavy atom. The summed E-state index contributed by atoms with van der Waals surface area (Å²) in [5.41, 5.74) is 4.29. The fraction of sp³-hybridized carbons (Fsp3) is 0.130. The fourth-order valence-corrected chi connectivity index (χ4v) is 3.52. The van der Waals surface area contributed by atoms with Crippen LogP contribution in [0.15, 0.2) is 64.3 Å². The molecule has 0 spiro atoms. The molecule has 0 aliphatic heterocycles. The molecule has 0 aliphatic rings. The lowest BCUT2D eigenvalue weighted by Crippen LogP contribution is -2.18. The van der Waals surface area contributed by atoms with Crippen molar-refractivity contribution >= 4 is 45.6 Å². The highest BCUT2D eigenvalue weighted by Crippen LogP contribution is 2.37. The number of carbonyl (C=O) groups is 2. The van der Waals surface area contributed by atoms with Crippen molar-refractivity contribution in [3.63, 3.8) is 0 Å². The lowest BCUT2D eigenvalue weighted by molar-refractivity contribution is 0.0696. The highest BCUT2D eigenvalue weighted by atomic mass is 79.9. The van der Waals surface area contributed by atoms with Crippen LogP contribution in [0.5, 0.6) is 11.5 Å². The first-order chi connectivity index (χ1) is 15.9. The molecule has 3 aromatic rings. The highest BCUT2D eigenvalue weighted by Gasteiger charge is 2.13. The zero-order valence-corrected chi connectivity index (χ0v) is 19.8. The molecule has 1 amide bonds. The van der Waals surface area contributed by atoms with Gasteiger partial charge in [-0.3, -0.25) is 4.79 Å². The number of nitrogens with one attached hydrogen (secondary N) is 1. The summed E-state index contributed by atoms with van der Waals surface area (Å²) in [4.78, 5) is 27.0. The van der Waals surface area contributed by atoms with Crippen LogP contribution in [-0.2, 0) is 6.61 Å². The quantitative estimate of drug-likeness (QED) is 0.230. The van der Waals surface area contributed by atoms with Gasteiger partial charge < -0.3 is 14.6 Å². The van der Waals surface area contributed by atoms with Crippen molar-refractivity contribution in [3.05, 3.63) is 86.6 Å². The predicted molar refractivity (Wildman–Crippen MR) is 127 cm³/mol. The van der Waals surface area contributed by atoms with Crippen LogP contribution in [0.25, 0.3) is 0 Å². The van der Waals surface area contributed by atoms with E-state index in [2.05, 4.69) is 31.4 Å². The molecule has 8 nitrogen and oxygen atoms in total. The molecule has 0 fully saturated rings. The SMILES string of the molecule is CCOc1cc(C=NNC(=O)c2cccnc2Cl)cc(Br)c1OCc1ccc(C(=O)O)cc1. The maximum Gasteiger partial charge on any atom is 0.335 e. The van der Waals surface area contributed by atoms with Gasteiger partial charge in [-0.05, 0) is 70.4 Å². The molecule has 0 atom stereocenters. The third-order valence-electron chi connectivity index (χ3n) is 4.30. The molecule has 1 aromatic heterocycles. The monoisotopic (exact) mass is 531 g/mol. The molecule has 170 valence electrons. The first kappa shape index (κ1) is 24.2. The Labute approximate surface area is 203 Å². The van der Waals surface area contributed by atoms with Crippen LogP contribution in [-0.4, -0.2) is 34.8 Å². The van der Waals surface area contributed by atoms with Crippen molar-refractivity contribution in [2.75, 3.05) is 6.61 Å². The van der Waals surface area contributed by atoms with Gasteiger partial charge in [0, 0.05) is 6.20 Å². The van der Waals surface area contributed by atoms with E-state index < -0.39 is 11.9 Å². The third-order valence-corrected chi connectivity index (χ3v) is 5.19. The Morgan fingerprint density at radius 1 is 1.21 bits per heavy atom. The number of rotatable bonds is 9. The van der Waals surface area contributed by atoms with Crippen LogP contribution in [0, 0.1) is 0 Å². The van der Waals surface area contributed by atoms with E-state index in [1.165, 1.54) is 24.5 Å². The average Bonchev–Trinajstić information content (AvgIpc) is 2.79. The lowest BCUT2D eigenvalue weighted by atomic mass is 10.1. The number of amides is 1. The molecule has 0 saturated carbocycles. The molecule has 0 saturated heterocycles. The number of pyridine rings is 1. The van der Waals surface area contributed by atoms with Gasteiger partial charge in [-0.25, -0.2) is 15.2 Å². The zero-order chi connectivity index (χ0) is 23.8. The van der Waals surface area contributed by atoms with E-state index in [0.717, 1.165) is 5.56 Å². The number of aromatic carboxylic acids is 1. The second-order valence-electron chi connectivity index (χ2n) is 6.59. The van der Waals surface area contributed by atoms with Crippen molar-refractivity contribution in [2.24, 2.45) is 5.10 Å². The summed E-state index contributed by atoms with van der Waals surface area (Å²) in [5.74, 6) is -0.497. The number of carboxylic acids is 1. The first-order valence-corrected chi connectivity index (χ1v) is 10.9. The van der Waals surface area contributed by atoms with E-state index in [1.54, 1.807) is 36.4 Å². The minimum Gasteiger partial charge on any atom is -0.490 e. The third kappa shape index (κ3) is 6.53. The van der Waals surface area contributed by atoms with E-state index in [9.17, 15) is 9.59 Å². The van der Waals surface area contributed by atoms with E-state index in [4.69, 9.17) is 26.2 Å². The molecule has 10 heteroatoms. The van der Waals surface area contributed by atoms with Gasteiger partial charge >= 0.3 is 5.97 Å². The van der Waals surface area contributed by atoms with Crippen LogP contribution in [0.4, 0.5) is 0 Å². The minimum absolute atomic E-state index is 0.0886. The van der Waals surface area contributed by atoms with Crippen molar-refractivity contribution < 1.29 is 24.2 Å². The van der Waals surface area contributed by atoms with Gasteiger partial charge in [0.15, 0.2) is 11.5 Å². The molecule has 3 rings (SSSR count). The first-order valence-electron chi connectivity index (χ1n) is 9.74. The van der Waals surface area contributed by atoms with Crippen molar-refractivity contribution in [1.82, 2.24) is 10.4 Å². The molecule has 33 heavy (non-hydrogen) atoms. The Balaban J connectivity index is 1.72. The van der Waals surface area contributed by atoms with Gasteiger partial charge in [0.25, 0.3) is 5.91 Å². The van der Waals surface area contributed by atoms with Gasteiger partial charge in [0.2, 0.25) is 0 Å². The van der Waals surface area contributed by atoms with Crippen LogP contribution >= 0.6 is 27.5 Å². The number of hydrogen-bond acceptors (Lipinski definition) is 6. The summed E-state index contributed by atoms with van der Waals surface area (Å²) >= 11 is 9.40. The zero-order valence-electron chi connectivity index (χ0n) is 17.4. The number of carboxylic acid groups (broad SMARTS) is 1. The second kappa shape index (κ2) is 11.4. The number of ether oxygens (including phenoxy) is 2. The van der Waals surface area contributed by atoms with Crippen LogP contribution < -0.4 is 14.9 Å². The molecule has 2 aromatic carbocycles. The normalized spacial score (nSPS) is 10.8. The largest absolute Gasteiger partial charge is 0.490 e. The molecular formula is C23H19BrClN3O5. The highest BCUT2D eigenvalue weighted by molar-refractivity contribution is 9.10. The number of aromatic nitrogens is 1. The van der Waals surface area contributed by atoms with Gasteiger partial charge in [-0.15, -0.1) is 0 Å². The molecule has 2 N–H and O–H groups in total. The Kier molecular flexibility index (Phi) is 8.39. The summed E-state index contributed by atoms with van der Waals surface area (Å²) in [5, 5.41) is 13.1. The standard InChI is InChI=1S/C23H19BrClN3O5/c1-2-32-19-11-15(12-27-28-22(29)17-4-3-9-26-21(17)25)10-18(24)20(19)33-13-14-5-7-16(8-6-14)23(30)31/h3-12H,2,13H2,1H3,(H,28,29)(H,30,31). The number of hydrogen-bond donors (Lipinski definition) is 2. The number of benzene rings is 2. The molecule has 0 radical (unpaired) electrons.